The fourth-order valence-electron chi connectivity index (χ4n) is 3.31. The standard InChI is InChI=1S/C17H26N2O2/c1-5-18(6-2)14-10-11-19(12-14)15-8-7-9-16(21-4)17(15)13(3)20/h7-9,14H,5-6,10-12H2,1-4H3. The van der Waals surface area contributed by atoms with Crippen molar-refractivity contribution >= 4 is 11.5 Å². The average Bonchev–Trinajstić information content (AvgIpc) is 2.97. The smallest absolute Gasteiger partial charge is 0.165 e. The molecular formula is C17H26N2O2. The lowest BCUT2D eigenvalue weighted by molar-refractivity contribution is 0.101. The minimum atomic E-state index is 0.0636. The number of benzene rings is 1. The lowest BCUT2D eigenvalue weighted by Gasteiger charge is -2.27. The first kappa shape index (κ1) is 15.8. The third kappa shape index (κ3) is 3.21. The molecule has 1 aromatic carbocycles. The Morgan fingerprint density at radius 1 is 1.38 bits per heavy atom. The molecule has 4 heteroatoms. The minimum Gasteiger partial charge on any atom is -0.496 e. The maximum atomic E-state index is 12.0. The number of carbonyl (C=O) groups is 1. The van der Waals surface area contributed by atoms with Crippen molar-refractivity contribution < 1.29 is 9.53 Å². The Balaban J connectivity index is 2.26. The molecule has 0 amide bonds. The summed E-state index contributed by atoms with van der Waals surface area (Å²) in [5.41, 5.74) is 1.72. The maximum absolute atomic E-state index is 12.0. The molecule has 0 aromatic heterocycles. The summed E-state index contributed by atoms with van der Waals surface area (Å²) < 4.78 is 5.37. The molecule has 116 valence electrons. The van der Waals surface area contributed by atoms with Crippen LogP contribution in [0.4, 0.5) is 5.69 Å². The van der Waals surface area contributed by atoms with E-state index in [1.54, 1.807) is 14.0 Å². The van der Waals surface area contributed by atoms with Gasteiger partial charge in [-0.1, -0.05) is 19.9 Å². The van der Waals surface area contributed by atoms with Gasteiger partial charge in [0, 0.05) is 19.1 Å². The second kappa shape index (κ2) is 6.94. The van der Waals surface area contributed by atoms with Crippen molar-refractivity contribution in [3.63, 3.8) is 0 Å². The van der Waals surface area contributed by atoms with Gasteiger partial charge in [-0.2, -0.15) is 0 Å². The van der Waals surface area contributed by atoms with E-state index in [4.69, 9.17) is 4.74 Å². The molecule has 1 saturated heterocycles. The van der Waals surface area contributed by atoms with E-state index in [0.717, 1.165) is 38.3 Å². The first-order chi connectivity index (χ1) is 10.1. The summed E-state index contributed by atoms with van der Waals surface area (Å²) in [5.74, 6) is 0.736. The number of rotatable bonds is 6. The molecule has 1 atom stereocenters. The van der Waals surface area contributed by atoms with E-state index in [9.17, 15) is 4.79 Å². The van der Waals surface area contributed by atoms with Gasteiger partial charge >= 0.3 is 0 Å². The molecule has 2 rings (SSSR count). The number of likely N-dealkylation sites (N-methyl/N-ethyl adjacent to an activating group) is 1. The molecular weight excluding hydrogens is 264 g/mol. The molecule has 1 fully saturated rings. The Hall–Kier alpha value is -1.55. The zero-order valence-corrected chi connectivity index (χ0v) is 13.6. The van der Waals surface area contributed by atoms with Crippen molar-refractivity contribution in [1.82, 2.24) is 4.90 Å². The number of nitrogens with zero attached hydrogens (tertiary/aromatic N) is 2. The van der Waals surface area contributed by atoms with E-state index in [2.05, 4.69) is 23.6 Å². The van der Waals surface area contributed by atoms with Gasteiger partial charge in [0.2, 0.25) is 0 Å². The Morgan fingerprint density at radius 3 is 2.67 bits per heavy atom. The molecule has 0 saturated carbocycles. The van der Waals surface area contributed by atoms with Crippen LogP contribution in [0.3, 0.4) is 0 Å². The van der Waals surface area contributed by atoms with Gasteiger partial charge in [-0.25, -0.2) is 0 Å². The van der Waals surface area contributed by atoms with Crippen LogP contribution in [-0.4, -0.2) is 50.0 Å². The van der Waals surface area contributed by atoms with Gasteiger partial charge in [-0.15, -0.1) is 0 Å². The summed E-state index contributed by atoms with van der Waals surface area (Å²) in [6, 6.07) is 6.43. The van der Waals surface area contributed by atoms with E-state index in [1.807, 2.05) is 18.2 Å². The maximum Gasteiger partial charge on any atom is 0.165 e. The lowest BCUT2D eigenvalue weighted by Crippen LogP contribution is -2.37. The van der Waals surface area contributed by atoms with Gasteiger partial charge in [-0.05, 0) is 38.6 Å². The second-order valence-corrected chi connectivity index (χ2v) is 5.52. The summed E-state index contributed by atoms with van der Waals surface area (Å²) in [5, 5.41) is 0. The summed E-state index contributed by atoms with van der Waals surface area (Å²) >= 11 is 0. The minimum absolute atomic E-state index is 0.0636. The number of hydrogen-bond donors (Lipinski definition) is 0. The van der Waals surface area contributed by atoms with E-state index in [-0.39, 0.29) is 5.78 Å². The highest BCUT2D eigenvalue weighted by atomic mass is 16.5. The van der Waals surface area contributed by atoms with Crippen molar-refractivity contribution in [2.75, 3.05) is 38.2 Å². The normalized spacial score (nSPS) is 18.3. The van der Waals surface area contributed by atoms with Crippen LogP contribution in [0.5, 0.6) is 5.75 Å². The van der Waals surface area contributed by atoms with Crippen LogP contribution in [0.1, 0.15) is 37.6 Å². The zero-order chi connectivity index (χ0) is 15.4. The summed E-state index contributed by atoms with van der Waals surface area (Å²) in [6.07, 6.45) is 1.15. The Bertz CT molecular complexity index is 498. The fraction of sp³-hybridized carbons (Fsp3) is 0.588. The number of carbonyl (C=O) groups excluding carboxylic acids is 1. The fourth-order valence-corrected chi connectivity index (χ4v) is 3.31. The molecule has 1 unspecified atom stereocenters. The number of anilines is 1. The summed E-state index contributed by atoms with van der Waals surface area (Å²) in [4.78, 5) is 16.8. The largest absolute Gasteiger partial charge is 0.496 e. The molecule has 0 aliphatic carbocycles. The third-order valence-electron chi connectivity index (χ3n) is 4.41. The van der Waals surface area contributed by atoms with E-state index in [1.165, 1.54) is 0 Å². The summed E-state index contributed by atoms with van der Waals surface area (Å²) in [6.45, 7) is 10.2. The molecule has 1 aliphatic heterocycles. The number of Topliss-reactive ketones (excluding diaryl/α,β-unsaturated/α-hetero) is 1. The molecule has 0 radical (unpaired) electrons. The molecule has 1 aromatic rings. The van der Waals surface area contributed by atoms with E-state index in [0.29, 0.717) is 17.4 Å². The van der Waals surface area contributed by atoms with E-state index < -0.39 is 0 Å². The van der Waals surface area contributed by atoms with Crippen molar-refractivity contribution in [3.05, 3.63) is 23.8 Å². The Kier molecular flexibility index (Phi) is 5.23. The van der Waals surface area contributed by atoms with Gasteiger partial charge in [0.25, 0.3) is 0 Å². The molecule has 1 aliphatic rings. The highest BCUT2D eigenvalue weighted by molar-refractivity contribution is 6.02. The van der Waals surface area contributed by atoms with Crippen LogP contribution in [0.2, 0.25) is 0 Å². The average molecular weight is 290 g/mol. The topological polar surface area (TPSA) is 32.8 Å². The van der Waals surface area contributed by atoms with Crippen LogP contribution in [-0.2, 0) is 0 Å². The van der Waals surface area contributed by atoms with E-state index >= 15 is 0 Å². The number of ether oxygens (including phenoxy) is 1. The molecule has 0 spiro atoms. The van der Waals surface area contributed by atoms with Crippen molar-refractivity contribution in [1.29, 1.82) is 0 Å². The highest BCUT2D eigenvalue weighted by Gasteiger charge is 2.28. The summed E-state index contributed by atoms with van der Waals surface area (Å²) in [7, 11) is 1.62. The third-order valence-corrected chi connectivity index (χ3v) is 4.41. The lowest BCUT2D eigenvalue weighted by atomic mass is 10.1. The first-order valence-corrected chi connectivity index (χ1v) is 7.79. The van der Waals surface area contributed by atoms with Crippen molar-refractivity contribution in [3.8, 4) is 5.75 Å². The van der Waals surface area contributed by atoms with Crippen molar-refractivity contribution in [2.45, 2.75) is 33.2 Å². The van der Waals surface area contributed by atoms with Crippen LogP contribution in [0.15, 0.2) is 18.2 Å². The Labute approximate surface area is 127 Å². The van der Waals surface area contributed by atoms with Crippen LogP contribution in [0.25, 0.3) is 0 Å². The Morgan fingerprint density at radius 2 is 2.10 bits per heavy atom. The number of ketones is 1. The molecule has 0 bridgehead atoms. The van der Waals surface area contributed by atoms with Gasteiger partial charge in [0.05, 0.1) is 18.4 Å². The highest BCUT2D eigenvalue weighted by Crippen LogP contribution is 2.32. The monoisotopic (exact) mass is 290 g/mol. The van der Waals surface area contributed by atoms with Crippen LogP contribution < -0.4 is 9.64 Å². The number of methoxy groups -OCH3 is 1. The number of hydrogen-bond acceptors (Lipinski definition) is 4. The predicted molar refractivity (Wildman–Crippen MR) is 86.5 cm³/mol. The van der Waals surface area contributed by atoms with Crippen LogP contribution in [0, 0.1) is 0 Å². The van der Waals surface area contributed by atoms with Crippen molar-refractivity contribution in [2.24, 2.45) is 0 Å². The molecule has 1 heterocycles. The van der Waals surface area contributed by atoms with Crippen LogP contribution >= 0.6 is 0 Å². The first-order valence-electron chi connectivity index (χ1n) is 7.79. The van der Waals surface area contributed by atoms with Gasteiger partial charge in [-0.3, -0.25) is 9.69 Å². The molecule has 4 nitrogen and oxygen atoms in total. The molecule has 0 N–H and O–H groups in total. The quantitative estimate of drug-likeness (QED) is 0.754. The van der Waals surface area contributed by atoms with Gasteiger partial charge in [0.15, 0.2) is 5.78 Å². The van der Waals surface area contributed by atoms with Gasteiger partial charge < -0.3 is 9.64 Å². The van der Waals surface area contributed by atoms with Gasteiger partial charge in [0.1, 0.15) is 5.75 Å². The SMILES string of the molecule is CCN(CC)C1CCN(c2cccc(OC)c2C(C)=O)C1. The predicted octanol–water partition coefficient (Wildman–Crippen LogP) is 2.82. The molecule has 21 heavy (non-hydrogen) atoms. The zero-order valence-electron chi connectivity index (χ0n) is 13.6. The second-order valence-electron chi connectivity index (χ2n) is 5.52.